The van der Waals surface area contributed by atoms with Gasteiger partial charge in [-0.2, -0.15) is 0 Å². The normalized spacial score (nSPS) is 19.0. The molecule has 6 heteroatoms. The Kier molecular flexibility index (Phi) is 5.21. The summed E-state index contributed by atoms with van der Waals surface area (Å²) in [5.74, 6) is -0.453. The number of hydrogen-bond acceptors (Lipinski definition) is 5. The molecule has 0 aliphatic carbocycles. The lowest BCUT2D eigenvalue weighted by atomic mass is 10.2. The van der Waals surface area contributed by atoms with Crippen LogP contribution in [0.4, 0.5) is 0 Å². The summed E-state index contributed by atoms with van der Waals surface area (Å²) >= 11 is 0. The molecule has 0 radical (unpaired) electrons. The van der Waals surface area contributed by atoms with E-state index < -0.39 is 12.1 Å². The van der Waals surface area contributed by atoms with E-state index in [1.165, 1.54) is 0 Å². The zero-order chi connectivity index (χ0) is 12.0. The van der Waals surface area contributed by atoms with Crippen LogP contribution in [0.1, 0.15) is 13.3 Å². The Morgan fingerprint density at radius 1 is 1.69 bits per heavy atom. The van der Waals surface area contributed by atoms with E-state index in [-0.39, 0.29) is 18.9 Å². The molecule has 1 amide bonds. The van der Waals surface area contributed by atoms with Gasteiger partial charge in [0, 0.05) is 19.6 Å². The number of nitrogens with one attached hydrogen (secondary N) is 1. The Morgan fingerprint density at radius 3 is 3.06 bits per heavy atom. The number of nitrogens with zero attached hydrogens (tertiary/aromatic N) is 1. The minimum atomic E-state index is -0.773. The van der Waals surface area contributed by atoms with E-state index in [1.54, 1.807) is 6.92 Å². The summed E-state index contributed by atoms with van der Waals surface area (Å²) in [6.07, 6.45) is -0.795. The van der Waals surface area contributed by atoms with Gasteiger partial charge >= 0.3 is 5.97 Å². The van der Waals surface area contributed by atoms with Crippen molar-refractivity contribution in [2.45, 2.75) is 19.4 Å². The first-order chi connectivity index (χ1) is 7.61. The van der Waals surface area contributed by atoms with Crippen LogP contribution in [-0.4, -0.2) is 60.8 Å². The van der Waals surface area contributed by atoms with Crippen molar-refractivity contribution >= 4 is 11.9 Å². The van der Waals surface area contributed by atoms with Gasteiger partial charge in [-0.25, -0.2) is 0 Å². The van der Waals surface area contributed by atoms with Crippen molar-refractivity contribution in [3.05, 3.63) is 0 Å². The molecule has 1 aliphatic heterocycles. The summed E-state index contributed by atoms with van der Waals surface area (Å²) in [6, 6.07) is 0. The number of carbonyl (C=O) groups is 2. The monoisotopic (exact) mass is 230 g/mol. The molecule has 0 aromatic heterocycles. The molecule has 2 N–H and O–H groups in total. The fourth-order valence-corrected chi connectivity index (χ4v) is 1.62. The summed E-state index contributed by atoms with van der Waals surface area (Å²) < 4.78 is 4.73. The van der Waals surface area contributed by atoms with Gasteiger partial charge in [-0.1, -0.05) is 0 Å². The standard InChI is InChI=1S/C10H18N2O4/c1-2-16-10(15)5-8(13)6-12-4-3-11-9(14)7-12/h8,13H,2-7H2,1H3,(H,11,14). The molecular formula is C10H18N2O4. The number of esters is 1. The zero-order valence-corrected chi connectivity index (χ0v) is 9.44. The average Bonchev–Trinajstić information content (AvgIpc) is 2.17. The van der Waals surface area contributed by atoms with Crippen LogP contribution in [-0.2, 0) is 14.3 Å². The quantitative estimate of drug-likeness (QED) is 0.576. The number of β-amino-alcohol motifs (C(OH)–C–C–N with tert-alkyl or cyclic N) is 1. The molecule has 92 valence electrons. The zero-order valence-electron chi connectivity index (χ0n) is 9.44. The largest absolute Gasteiger partial charge is 0.466 e. The summed E-state index contributed by atoms with van der Waals surface area (Å²) in [5.41, 5.74) is 0. The molecule has 1 unspecified atom stereocenters. The van der Waals surface area contributed by atoms with Gasteiger partial charge in [0.25, 0.3) is 0 Å². The molecule has 1 saturated heterocycles. The highest BCUT2D eigenvalue weighted by Gasteiger charge is 2.20. The highest BCUT2D eigenvalue weighted by molar-refractivity contribution is 5.78. The molecule has 0 spiro atoms. The molecule has 1 atom stereocenters. The molecule has 1 rings (SSSR count). The molecule has 0 saturated carbocycles. The Bertz CT molecular complexity index is 257. The van der Waals surface area contributed by atoms with Crippen LogP contribution in [0.3, 0.4) is 0 Å². The number of aliphatic hydroxyl groups is 1. The van der Waals surface area contributed by atoms with E-state index in [2.05, 4.69) is 5.32 Å². The minimum absolute atomic E-state index is 0.0219. The van der Waals surface area contributed by atoms with E-state index in [1.807, 2.05) is 4.90 Å². The number of hydrogen-bond donors (Lipinski definition) is 2. The first-order valence-electron chi connectivity index (χ1n) is 5.44. The third kappa shape index (κ3) is 4.59. The maximum Gasteiger partial charge on any atom is 0.308 e. The van der Waals surface area contributed by atoms with Crippen molar-refractivity contribution < 1.29 is 19.4 Å². The van der Waals surface area contributed by atoms with Crippen molar-refractivity contribution in [3.8, 4) is 0 Å². The van der Waals surface area contributed by atoms with Crippen LogP contribution in [0, 0.1) is 0 Å². The average molecular weight is 230 g/mol. The molecule has 16 heavy (non-hydrogen) atoms. The fourth-order valence-electron chi connectivity index (χ4n) is 1.62. The summed E-state index contributed by atoms with van der Waals surface area (Å²) in [7, 11) is 0. The Hall–Kier alpha value is -1.14. The van der Waals surface area contributed by atoms with Crippen molar-refractivity contribution in [1.82, 2.24) is 10.2 Å². The van der Waals surface area contributed by atoms with Crippen molar-refractivity contribution in [2.75, 3.05) is 32.8 Å². The van der Waals surface area contributed by atoms with Gasteiger partial charge in [-0.3, -0.25) is 14.5 Å². The molecule has 1 fully saturated rings. The van der Waals surface area contributed by atoms with Crippen LogP contribution in [0.5, 0.6) is 0 Å². The van der Waals surface area contributed by atoms with Gasteiger partial charge in [0.2, 0.25) is 5.91 Å². The minimum Gasteiger partial charge on any atom is -0.466 e. The van der Waals surface area contributed by atoms with E-state index in [4.69, 9.17) is 4.74 Å². The highest BCUT2D eigenvalue weighted by Crippen LogP contribution is 2.01. The number of ether oxygens (including phenoxy) is 1. The lowest BCUT2D eigenvalue weighted by Crippen LogP contribution is -2.49. The van der Waals surface area contributed by atoms with Gasteiger partial charge in [0.05, 0.1) is 25.7 Å². The van der Waals surface area contributed by atoms with Crippen molar-refractivity contribution in [1.29, 1.82) is 0 Å². The van der Waals surface area contributed by atoms with Gasteiger partial charge in [-0.05, 0) is 6.92 Å². The number of carbonyl (C=O) groups excluding carboxylic acids is 2. The second-order valence-electron chi connectivity index (χ2n) is 3.75. The lowest BCUT2D eigenvalue weighted by molar-refractivity contribution is -0.145. The van der Waals surface area contributed by atoms with Crippen LogP contribution in [0.2, 0.25) is 0 Å². The lowest BCUT2D eigenvalue weighted by Gasteiger charge is -2.28. The van der Waals surface area contributed by atoms with Gasteiger partial charge in [0.15, 0.2) is 0 Å². The van der Waals surface area contributed by atoms with Gasteiger partial charge < -0.3 is 15.2 Å². The maximum atomic E-state index is 11.1. The van der Waals surface area contributed by atoms with Crippen molar-refractivity contribution in [3.63, 3.8) is 0 Å². The third-order valence-electron chi connectivity index (χ3n) is 2.29. The summed E-state index contributed by atoms with van der Waals surface area (Å²) in [5, 5.41) is 12.3. The summed E-state index contributed by atoms with van der Waals surface area (Å²) in [6.45, 7) is 3.93. The Labute approximate surface area is 94.6 Å². The maximum absolute atomic E-state index is 11.1. The first-order valence-corrected chi connectivity index (χ1v) is 5.44. The molecule has 6 nitrogen and oxygen atoms in total. The van der Waals surface area contributed by atoms with E-state index in [0.29, 0.717) is 26.2 Å². The highest BCUT2D eigenvalue weighted by atomic mass is 16.5. The molecule has 0 bridgehead atoms. The third-order valence-corrected chi connectivity index (χ3v) is 2.29. The van der Waals surface area contributed by atoms with E-state index in [9.17, 15) is 14.7 Å². The van der Waals surface area contributed by atoms with Crippen LogP contribution in [0.15, 0.2) is 0 Å². The van der Waals surface area contributed by atoms with Crippen LogP contribution < -0.4 is 5.32 Å². The Balaban J connectivity index is 2.24. The smallest absolute Gasteiger partial charge is 0.308 e. The molecule has 0 aromatic rings. The predicted octanol–water partition coefficient (Wildman–Crippen LogP) is -1.27. The second-order valence-corrected chi connectivity index (χ2v) is 3.75. The van der Waals surface area contributed by atoms with E-state index >= 15 is 0 Å². The molecule has 1 heterocycles. The fraction of sp³-hybridized carbons (Fsp3) is 0.800. The summed E-state index contributed by atoms with van der Waals surface area (Å²) in [4.78, 5) is 24.0. The number of piperazine rings is 1. The number of rotatable bonds is 5. The SMILES string of the molecule is CCOC(=O)CC(O)CN1CCNC(=O)C1. The number of amides is 1. The topological polar surface area (TPSA) is 78.9 Å². The number of aliphatic hydroxyl groups excluding tert-OH is 1. The molecule has 0 aromatic carbocycles. The molecular weight excluding hydrogens is 212 g/mol. The van der Waals surface area contributed by atoms with Gasteiger partial charge in [-0.15, -0.1) is 0 Å². The second kappa shape index (κ2) is 6.44. The molecule has 1 aliphatic rings. The predicted molar refractivity (Wildman–Crippen MR) is 56.7 cm³/mol. The van der Waals surface area contributed by atoms with Crippen molar-refractivity contribution in [2.24, 2.45) is 0 Å². The Morgan fingerprint density at radius 2 is 2.44 bits per heavy atom. The van der Waals surface area contributed by atoms with Crippen LogP contribution in [0.25, 0.3) is 0 Å². The van der Waals surface area contributed by atoms with Crippen LogP contribution >= 0.6 is 0 Å². The first kappa shape index (κ1) is 12.9. The van der Waals surface area contributed by atoms with Gasteiger partial charge in [0.1, 0.15) is 0 Å². The van der Waals surface area contributed by atoms with E-state index in [0.717, 1.165) is 0 Å².